The summed E-state index contributed by atoms with van der Waals surface area (Å²) in [7, 11) is 1.64. The van der Waals surface area contributed by atoms with Gasteiger partial charge in [-0.2, -0.15) is 0 Å². The van der Waals surface area contributed by atoms with Gasteiger partial charge in [-0.15, -0.1) is 0 Å². The Bertz CT molecular complexity index is 805. The summed E-state index contributed by atoms with van der Waals surface area (Å²) in [5.74, 6) is 2.05. The molecule has 1 N–H and O–H groups in total. The van der Waals surface area contributed by atoms with Crippen LogP contribution in [0.1, 0.15) is 45.6 Å². The summed E-state index contributed by atoms with van der Waals surface area (Å²) in [6.07, 6.45) is 3.83. The third-order valence-electron chi connectivity index (χ3n) is 6.23. The molecule has 4 nitrogen and oxygen atoms in total. The molecule has 0 amide bonds. The smallest absolute Gasteiger partial charge is 0.329 e. The molecule has 1 aliphatic carbocycles. The zero-order chi connectivity index (χ0) is 21.5. The van der Waals surface area contributed by atoms with Crippen LogP contribution in [0.4, 0.5) is 5.69 Å². The highest BCUT2D eigenvalue weighted by Crippen LogP contribution is 2.36. The van der Waals surface area contributed by atoms with Crippen LogP contribution in [0.15, 0.2) is 54.6 Å². The molecule has 1 fully saturated rings. The van der Waals surface area contributed by atoms with Crippen LogP contribution in [0, 0.1) is 17.8 Å². The van der Waals surface area contributed by atoms with Crippen molar-refractivity contribution >= 4 is 11.7 Å². The number of nitrogens with one attached hydrogen (secondary N) is 1. The van der Waals surface area contributed by atoms with E-state index in [-0.39, 0.29) is 12.1 Å². The van der Waals surface area contributed by atoms with Crippen LogP contribution in [0.5, 0.6) is 5.75 Å². The van der Waals surface area contributed by atoms with Gasteiger partial charge in [-0.1, -0.05) is 69.7 Å². The molecule has 0 saturated heterocycles. The van der Waals surface area contributed by atoms with Gasteiger partial charge in [-0.25, -0.2) is 4.79 Å². The lowest BCUT2D eigenvalue weighted by molar-refractivity contribution is -0.156. The van der Waals surface area contributed by atoms with Crippen LogP contribution in [0.25, 0.3) is 0 Å². The molecule has 2 aromatic carbocycles. The number of esters is 1. The zero-order valence-electron chi connectivity index (χ0n) is 18.6. The van der Waals surface area contributed by atoms with Crippen molar-refractivity contribution in [2.75, 3.05) is 12.4 Å². The fourth-order valence-corrected chi connectivity index (χ4v) is 4.48. The fraction of sp³-hybridized carbons (Fsp3) is 0.500. The van der Waals surface area contributed by atoms with Gasteiger partial charge in [0.05, 0.1) is 12.8 Å². The second-order valence-corrected chi connectivity index (χ2v) is 8.89. The highest BCUT2D eigenvalue weighted by molar-refractivity contribution is 5.80. The maximum atomic E-state index is 13.4. The first-order valence-electron chi connectivity index (χ1n) is 11.1. The van der Waals surface area contributed by atoms with Crippen molar-refractivity contribution in [2.24, 2.45) is 17.8 Å². The van der Waals surface area contributed by atoms with Crippen LogP contribution in [0.3, 0.4) is 0 Å². The molecular weight excluding hydrogens is 374 g/mol. The number of hydrogen-bond acceptors (Lipinski definition) is 4. The number of carbonyl (C=O) groups excluding carboxylic acids is 1. The molecule has 4 atom stereocenters. The van der Waals surface area contributed by atoms with E-state index in [9.17, 15) is 4.79 Å². The molecule has 0 radical (unpaired) electrons. The van der Waals surface area contributed by atoms with E-state index in [0.717, 1.165) is 29.8 Å². The molecule has 1 saturated carbocycles. The molecule has 1 aliphatic rings. The number of methoxy groups -OCH3 is 1. The average molecular weight is 410 g/mol. The van der Waals surface area contributed by atoms with Gasteiger partial charge in [0, 0.05) is 6.42 Å². The summed E-state index contributed by atoms with van der Waals surface area (Å²) in [6.45, 7) is 6.72. The predicted octanol–water partition coefficient (Wildman–Crippen LogP) is 5.72. The Kier molecular flexibility index (Phi) is 7.78. The fourth-order valence-electron chi connectivity index (χ4n) is 4.48. The monoisotopic (exact) mass is 409 g/mol. The van der Waals surface area contributed by atoms with E-state index in [1.165, 1.54) is 6.42 Å². The molecule has 0 bridgehead atoms. The third kappa shape index (κ3) is 5.78. The summed E-state index contributed by atoms with van der Waals surface area (Å²) in [4.78, 5) is 13.4. The molecule has 3 rings (SSSR count). The van der Waals surface area contributed by atoms with Gasteiger partial charge in [-0.3, -0.25) is 0 Å². The lowest BCUT2D eigenvalue weighted by atomic mass is 9.75. The van der Waals surface area contributed by atoms with E-state index in [2.05, 4.69) is 26.1 Å². The van der Waals surface area contributed by atoms with E-state index < -0.39 is 6.04 Å². The number of anilines is 1. The predicted molar refractivity (Wildman–Crippen MR) is 122 cm³/mol. The number of carbonyl (C=O) groups is 1. The highest BCUT2D eigenvalue weighted by Gasteiger charge is 2.35. The molecule has 0 spiro atoms. The largest absolute Gasteiger partial charge is 0.495 e. The van der Waals surface area contributed by atoms with Crippen molar-refractivity contribution in [3.63, 3.8) is 0 Å². The van der Waals surface area contributed by atoms with E-state index in [4.69, 9.17) is 9.47 Å². The molecule has 0 aromatic heterocycles. The van der Waals surface area contributed by atoms with Crippen molar-refractivity contribution < 1.29 is 14.3 Å². The van der Waals surface area contributed by atoms with Gasteiger partial charge in [0.1, 0.15) is 17.9 Å². The molecule has 30 heavy (non-hydrogen) atoms. The minimum absolute atomic E-state index is 0.0148. The van der Waals surface area contributed by atoms with Gasteiger partial charge >= 0.3 is 5.97 Å². The average Bonchev–Trinajstić information content (AvgIpc) is 2.74. The van der Waals surface area contributed by atoms with E-state index in [1.54, 1.807) is 7.11 Å². The Morgan fingerprint density at radius 1 is 1.07 bits per heavy atom. The first-order valence-corrected chi connectivity index (χ1v) is 11.1. The number of rotatable bonds is 8. The molecule has 0 heterocycles. The van der Waals surface area contributed by atoms with Crippen molar-refractivity contribution in [1.82, 2.24) is 0 Å². The quantitative estimate of drug-likeness (QED) is 0.566. The van der Waals surface area contributed by atoms with Crippen molar-refractivity contribution in [1.29, 1.82) is 0 Å². The first-order chi connectivity index (χ1) is 14.5. The Balaban J connectivity index is 1.80. The standard InChI is InChI=1S/C26H35NO3/c1-18(2)21-15-14-19(3)16-25(21)30-26(28)23(17-20-10-6-5-7-11-20)27-22-12-8-9-13-24(22)29-4/h5-13,18-19,21,23,25,27H,14-17H2,1-4H3/t19-,21+,23-,25-/m1/s1. The van der Waals surface area contributed by atoms with Gasteiger partial charge in [0.25, 0.3) is 0 Å². The molecule has 0 unspecified atom stereocenters. The summed E-state index contributed by atoms with van der Waals surface area (Å²) in [6, 6.07) is 17.3. The van der Waals surface area contributed by atoms with Crippen LogP contribution in [-0.2, 0) is 16.0 Å². The van der Waals surface area contributed by atoms with E-state index in [1.807, 2.05) is 54.6 Å². The second kappa shape index (κ2) is 10.5. The van der Waals surface area contributed by atoms with Crippen molar-refractivity contribution in [3.05, 3.63) is 60.2 Å². The maximum Gasteiger partial charge on any atom is 0.329 e. The Labute approximate surface area is 181 Å². The van der Waals surface area contributed by atoms with E-state index >= 15 is 0 Å². The van der Waals surface area contributed by atoms with Gasteiger partial charge in [0.15, 0.2) is 0 Å². The van der Waals surface area contributed by atoms with Gasteiger partial charge in [-0.05, 0) is 48.3 Å². The van der Waals surface area contributed by atoms with Crippen molar-refractivity contribution in [2.45, 2.75) is 58.6 Å². The zero-order valence-corrected chi connectivity index (χ0v) is 18.6. The lowest BCUT2D eigenvalue weighted by Crippen LogP contribution is -2.41. The minimum atomic E-state index is -0.478. The SMILES string of the molecule is COc1ccccc1N[C@H](Cc1ccccc1)C(=O)O[C@@H]1C[C@H](C)CC[C@H]1C(C)C. The summed E-state index contributed by atoms with van der Waals surface area (Å²) in [5.41, 5.74) is 1.90. The molecule has 0 aliphatic heterocycles. The molecule has 4 heteroatoms. The normalized spacial score (nSPS) is 22.4. The van der Waals surface area contributed by atoms with Gasteiger partial charge in [0.2, 0.25) is 0 Å². The number of ether oxygens (including phenoxy) is 2. The van der Waals surface area contributed by atoms with Crippen LogP contribution < -0.4 is 10.1 Å². The van der Waals surface area contributed by atoms with Crippen molar-refractivity contribution in [3.8, 4) is 5.75 Å². The summed E-state index contributed by atoms with van der Waals surface area (Å²) >= 11 is 0. The first kappa shape index (κ1) is 22.2. The Morgan fingerprint density at radius 2 is 1.77 bits per heavy atom. The summed E-state index contributed by atoms with van der Waals surface area (Å²) in [5, 5.41) is 3.39. The topological polar surface area (TPSA) is 47.6 Å². The Morgan fingerprint density at radius 3 is 2.47 bits per heavy atom. The second-order valence-electron chi connectivity index (χ2n) is 8.89. The lowest BCUT2D eigenvalue weighted by Gasteiger charge is -2.37. The minimum Gasteiger partial charge on any atom is -0.495 e. The number of benzene rings is 2. The van der Waals surface area contributed by atoms with Crippen LogP contribution >= 0.6 is 0 Å². The van der Waals surface area contributed by atoms with Gasteiger partial charge < -0.3 is 14.8 Å². The van der Waals surface area contributed by atoms with Crippen LogP contribution in [-0.4, -0.2) is 25.2 Å². The van der Waals surface area contributed by atoms with E-state index in [0.29, 0.717) is 24.2 Å². The maximum absolute atomic E-state index is 13.4. The van der Waals surface area contributed by atoms with Crippen LogP contribution in [0.2, 0.25) is 0 Å². The number of para-hydroxylation sites is 2. The third-order valence-corrected chi connectivity index (χ3v) is 6.23. The Hall–Kier alpha value is -2.49. The molecule has 162 valence electrons. The highest BCUT2D eigenvalue weighted by atomic mass is 16.5. The molecular formula is C26H35NO3. The number of hydrogen-bond donors (Lipinski definition) is 1. The molecule has 2 aromatic rings. The summed E-state index contributed by atoms with van der Waals surface area (Å²) < 4.78 is 11.6.